The van der Waals surface area contributed by atoms with Crippen LogP contribution in [0.5, 0.6) is 0 Å². The van der Waals surface area contributed by atoms with Crippen molar-refractivity contribution in [1.29, 1.82) is 0 Å². The van der Waals surface area contributed by atoms with Crippen molar-refractivity contribution in [1.82, 2.24) is 39.9 Å². The summed E-state index contributed by atoms with van der Waals surface area (Å²) in [5.41, 5.74) is 23.7. The lowest BCUT2D eigenvalue weighted by molar-refractivity contribution is -0.688. The van der Waals surface area contributed by atoms with E-state index >= 15 is 0 Å². The van der Waals surface area contributed by atoms with Crippen LogP contribution in [0, 0.1) is 0 Å². The first kappa shape index (κ1) is 71.0. The Morgan fingerprint density at radius 1 is 0.172 bits per heavy atom. The minimum absolute atomic E-state index is 0.438. The summed E-state index contributed by atoms with van der Waals surface area (Å²) < 4.78 is 9.45. The normalized spacial score (nSPS) is 20.5. The first-order valence-electron chi connectivity index (χ1n) is 41.3. The molecule has 116 heavy (non-hydrogen) atoms. The van der Waals surface area contributed by atoms with E-state index in [2.05, 4.69) is 433 Å². The molecular formula is C104H100N12+4. The summed E-state index contributed by atoms with van der Waals surface area (Å²) in [4.78, 5) is 32.9. The summed E-state index contributed by atoms with van der Waals surface area (Å²) >= 11 is 0. The lowest BCUT2D eigenvalue weighted by Gasteiger charge is -2.31. The lowest BCUT2D eigenvalue weighted by atomic mass is 9.77. The number of H-pyrrole nitrogens is 8. The molecule has 24 heterocycles. The van der Waals surface area contributed by atoms with Crippen LogP contribution in [0.2, 0.25) is 0 Å². The lowest BCUT2D eigenvalue weighted by Crippen LogP contribution is -2.36. The molecule has 0 amide bonds. The summed E-state index contributed by atoms with van der Waals surface area (Å²) in [6, 6.07) is 92.0. The monoisotopic (exact) mass is 1520 g/mol. The van der Waals surface area contributed by atoms with Crippen LogP contribution in [0.3, 0.4) is 0 Å². The number of fused-ring (bicyclic) bond motifs is 2. The predicted octanol–water partition coefficient (Wildman–Crippen LogP) is 19.9. The van der Waals surface area contributed by atoms with Crippen molar-refractivity contribution in [2.24, 2.45) is 0 Å². The molecule has 32 bridgehead atoms. The van der Waals surface area contributed by atoms with E-state index in [1.807, 2.05) is 0 Å². The van der Waals surface area contributed by atoms with Crippen molar-refractivity contribution >= 4 is 43.1 Å². The van der Waals surface area contributed by atoms with Crippen LogP contribution in [0.1, 0.15) is 219 Å². The first-order valence-corrected chi connectivity index (χ1v) is 41.3. The smallest absolute Gasteiger partial charge is 0.175 e. The number of rotatable bonds is 0. The van der Waals surface area contributed by atoms with Gasteiger partial charge in [-0.3, -0.25) is 0 Å². The van der Waals surface area contributed by atoms with Gasteiger partial charge < -0.3 is 39.9 Å². The highest BCUT2D eigenvalue weighted by Gasteiger charge is 2.45. The minimum atomic E-state index is -0.610. The molecular weight excluding hydrogens is 1420 g/mol. The number of hydrogen-bond acceptors (Lipinski definition) is 0. The largest absolute Gasteiger partial charge is 0.360 e. The van der Waals surface area contributed by atoms with Gasteiger partial charge in [0.15, 0.2) is 75.8 Å². The quantitative estimate of drug-likeness (QED) is 0.0541. The first-order chi connectivity index (χ1) is 55.9. The fourth-order valence-electron chi connectivity index (χ4n) is 20.4. The molecule has 12 heteroatoms. The predicted molar refractivity (Wildman–Crippen MR) is 463 cm³/mol. The van der Waals surface area contributed by atoms with Crippen molar-refractivity contribution in [3.05, 3.63) is 428 Å². The van der Waals surface area contributed by atoms with Gasteiger partial charge >= 0.3 is 0 Å². The van der Waals surface area contributed by atoms with E-state index in [1.165, 1.54) is 87.6 Å². The van der Waals surface area contributed by atoms with E-state index in [4.69, 9.17) is 0 Å². The molecule has 0 fully saturated rings. The van der Waals surface area contributed by atoms with E-state index in [9.17, 15) is 0 Å². The number of nitrogens with one attached hydrogen (secondary N) is 8. The van der Waals surface area contributed by atoms with Crippen LogP contribution >= 0.6 is 0 Å². The fraction of sp³-hybridized carbons (Fsp3) is 0.231. The van der Waals surface area contributed by atoms with Gasteiger partial charge in [0.1, 0.15) is 0 Å². The molecule has 572 valence electrons. The second-order valence-corrected chi connectivity index (χ2v) is 36.4. The van der Waals surface area contributed by atoms with Gasteiger partial charge in [0, 0.05) is 184 Å². The molecule has 0 spiro atoms. The van der Waals surface area contributed by atoms with E-state index in [-0.39, 0.29) is 0 Å². The van der Waals surface area contributed by atoms with Crippen LogP contribution in [0.15, 0.2) is 292 Å². The molecule has 0 radical (unpaired) electrons. The number of hydrogen-bond donors (Lipinski definition) is 8. The standard InChI is InChI=1S/C104H100N12/c1-97(2)81-29-37-89(105-81)101(9)65-45-53-113(54-46-65)61-77-69-21-13-17-25-73(69)79(74-26-18-14-22-70(74)77)63-115-57-49-67(50-58-115)103(11)93-41-33-85(109-93)99(5,6)86-34-42-94(110-86)104(12,96-44-36-88(112-96)100(7,8)87-35-43-95(103)111-87)68-51-59-116(60-52-68)64-80-75-27-19-15-23-71(75)78(72-24-16-20-28-76(72)80)62-114-55-47-66(48-56-114)102(10,90-38-30-82(97)106-90)92-40-32-84(108-92)98(3,4)83-31-39-91(101)107-83/h13-60,105-112H,61-64H2,1-12H3/q+4. The van der Waals surface area contributed by atoms with Crippen LogP contribution in [0.25, 0.3) is 43.1 Å². The van der Waals surface area contributed by atoms with Gasteiger partial charge in [-0.05, 0) is 245 Å². The Bertz CT molecular complexity index is 5780. The highest BCUT2D eigenvalue weighted by Crippen LogP contribution is 2.49. The Balaban J connectivity index is 0.727. The number of aromatic nitrogens is 12. The van der Waals surface area contributed by atoms with Crippen molar-refractivity contribution in [3.8, 4) is 0 Å². The maximum Gasteiger partial charge on any atom is 0.175 e. The average molecular weight is 1520 g/mol. The second-order valence-electron chi connectivity index (χ2n) is 36.4. The Hall–Kier alpha value is -12.8. The molecule has 12 nitrogen and oxygen atoms in total. The highest BCUT2D eigenvalue weighted by atomic mass is 15.0. The van der Waals surface area contributed by atoms with Crippen LogP contribution in [-0.4, -0.2) is 39.9 Å². The topological polar surface area (TPSA) is 142 Å². The fourth-order valence-corrected chi connectivity index (χ4v) is 20.4. The zero-order chi connectivity index (χ0) is 79.2. The van der Waals surface area contributed by atoms with E-state index in [0.717, 1.165) is 91.1 Å². The molecule has 0 unspecified atom stereocenters. The van der Waals surface area contributed by atoms with Crippen molar-refractivity contribution in [3.63, 3.8) is 0 Å². The van der Waals surface area contributed by atoms with Crippen LogP contribution < -0.4 is 18.3 Å². The molecule has 12 aromatic heterocycles. The summed E-state index contributed by atoms with van der Waals surface area (Å²) in [6.45, 7) is 31.0. The van der Waals surface area contributed by atoms with Crippen LogP contribution in [0.4, 0.5) is 0 Å². The van der Waals surface area contributed by atoms with E-state index < -0.39 is 43.3 Å². The Morgan fingerprint density at radius 3 is 0.440 bits per heavy atom. The van der Waals surface area contributed by atoms with Crippen molar-refractivity contribution < 1.29 is 18.3 Å². The van der Waals surface area contributed by atoms with Crippen LogP contribution in [-0.2, 0) is 69.5 Å². The third-order valence-electron chi connectivity index (χ3n) is 28.7. The molecule has 8 N–H and O–H groups in total. The third kappa shape index (κ3) is 10.5. The Labute approximate surface area is 677 Å². The van der Waals surface area contributed by atoms with E-state index in [0.29, 0.717) is 26.2 Å². The van der Waals surface area contributed by atoms with E-state index in [1.54, 1.807) is 0 Å². The summed E-state index contributed by atoms with van der Waals surface area (Å²) in [5.74, 6) is 0. The highest BCUT2D eigenvalue weighted by molar-refractivity contribution is 6.07. The number of nitrogens with zero attached hydrogens (tertiary/aromatic N) is 4. The summed E-state index contributed by atoms with van der Waals surface area (Å²) in [7, 11) is 0. The van der Waals surface area contributed by atoms with Gasteiger partial charge in [-0.15, -0.1) is 0 Å². The number of benzene rings is 6. The van der Waals surface area contributed by atoms with Crippen molar-refractivity contribution in [2.75, 3.05) is 0 Å². The van der Waals surface area contributed by atoms with Gasteiger partial charge in [-0.1, -0.05) is 97.1 Å². The van der Waals surface area contributed by atoms with Gasteiger partial charge in [-0.25, -0.2) is 18.3 Å². The molecule has 12 aliphatic heterocycles. The maximum atomic E-state index is 4.11. The zero-order valence-electron chi connectivity index (χ0n) is 68.3. The molecule has 30 rings (SSSR count). The minimum Gasteiger partial charge on any atom is -0.360 e. The molecule has 0 saturated heterocycles. The van der Waals surface area contributed by atoms with Gasteiger partial charge in [-0.2, -0.15) is 0 Å². The SMILES string of the molecule is CC1(C)c2ccc([nH]2)C2(C)c3cc[n+](cc3)Cc3c4ccccc4c(c4ccccc34)C[n+]3ccc(cc3)C3(C)c4ccc([nH]4)C(C)(C)c4ccc([nH]4)C(C)(c4cc[n+](cc4)Cc4c5ccccc5c(c5ccccc45)C[n+]4ccc(cc4)C(C)(c4ccc1[nH]4)c1ccc([nH]1)C(C)(C)c1ccc2[nH]1)c1ccc([nH]1)C(C)(C)c1ccc3[nH]1. The number of aromatic amines is 8. The Kier molecular flexibility index (Phi) is 15.5. The van der Waals surface area contributed by atoms with Gasteiger partial charge in [0.25, 0.3) is 0 Å². The molecule has 6 aromatic carbocycles. The average Bonchev–Trinajstić information content (AvgIpc) is 1.46. The summed E-state index contributed by atoms with van der Waals surface area (Å²) in [6.07, 6.45) is 18.3. The number of pyridine rings is 4. The molecule has 0 aliphatic carbocycles. The summed E-state index contributed by atoms with van der Waals surface area (Å²) in [5, 5.41) is 10.1. The maximum absolute atomic E-state index is 4.11. The molecule has 0 atom stereocenters. The molecule has 12 aliphatic rings. The zero-order valence-corrected chi connectivity index (χ0v) is 68.3. The molecule has 18 aromatic rings. The van der Waals surface area contributed by atoms with Gasteiger partial charge in [0.2, 0.25) is 0 Å². The second kappa shape index (κ2) is 25.3. The third-order valence-corrected chi connectivity index (χ3v) is 28.7. The van der Waals surface area contributed by atoms with Crippen molar-refractivity contribution in [2.45, 2.75) is 153 Å². The molecule has 0 saturated carbocycles. The Morgan fingerprint density at radius 2 is 0.302 bits per heavy atom. The van der Waals surface area contributed by atoms with Gasteiger partial charge in [0.05, 0.1) is 21.7 Å².